The van der Waals surface area contributed by atoms with Gasteiger partial charge in [0, 0.05) is 6.21 Å². The third kappa shape index (κ3) is 5.08. The minimum Gasteiger partial charge on any atom is -0.406 e. The predicted molar refractivity (Wildman–Crippen MR) is 99.2 cm³/mol. The minimum absolute atomic E-state index is 0.230. The maximum Gasteiger partial charge on any atom is 0.573 e. The molecule has 0 saturated heterocycles. The number of carbonyl (C=O) groups excluding carboxylic acids is 2. The number of alkyl halides is 4. The molecule has 1 atom stereocenters. The molecular weight excluding hydrogens is 408 g/mol. The fraction of sp³-hybridized carbons (Fsp3) is 0.421. The lowest BCUT2D eigenvalue weighted by Crippen LogP contribution is -2.52. The fourth-order valence-electron chi connectivity index (χ4n) is 3.21. The quantitative estimate of drug-likeness (QED) is 0.720. The zero-order valence-electron chi connectivity index (χ0n) is 16.2. The van der Waals surface area contributed by atoms with Crippen LogP contribution in [0.3, 0.4) is 0 Å². The standard InChI is InChI=1S/C19H20F4N4O3/c1-18(2,20)15(11-5-7-12(8-6-11)30-19(21,22)23)26-17(29)27-10-14(28)25-13-4-3-9-24-16(13)27/h5-9,15H,3-4,10H2,1-2H3,(H,25,28)(H,26,29). The largest absolute Gasteiger partial charge is 0.573 e. The summed E-state index contributed by atoms with van der Waals surface area (Å²) < 4.78 is 55.7. The van der Waals surface area contributed by atoms with Gasteiger partial charge in [-0.15, -0.1) is 13.2 Å². The van der Waals surface area contributed by atoms with Crippen molar-refractivity contribution in [2.24, 2.45) is 4.99 Å². The molecule has 11 heteroatoms. The summed E-state index contributed by atoms with van der Waals surface area (Å²) in [6, 6.07) is 2.59. The average Bonchev–Trinajstić information content (AvgIpc) is 2.64. The number of allylic oxidation sites excluding steroid dienone is 1. The Kier molecular flexibility index (Phi) is 5.73. The van der Waals surface area contributed by atoms with E-state index in [4.69, 9.17) is 0 Å². The highest BCUT2D eigenvalue weighted by Gasteiger charge is 2.37. The van der Waals surface area contributed by atoms with E-state index in [9.17, 15) is 27.2 Å². The Morgan fingerprint density at radius 3 is 2.50 bits per heavy atom. The van der Waals surface area contributed by atoms with Crippen LogP contribution in [0, 0.1) is 0 Å². The van der Waals surface area contributed by atoms with Crippen LogP contribution in [0.25, 0.3) is 0 Å². The van der Waals surface area contributed by atoms with Crippen molar-refractivity contribution < 1.29 is 31.9 Å². The summed E-state index contributed by atoms with van der Waals surface area (Å²) in [6.07, 6.45) is -2.12. The first kappa shape index (κ1) is 21.6. The molecule has 0 bridgehead atoms. The number of hydrogen-bond acceptors (Lipinski definition) is 4. The van der Waals surface area contributed by atoms with Crippen LogP contribution >= 0.6 is 0 Å². The first-order chi connectivity index (χ1) is 13.9. The van der Waals surface area contributed by atoms with E-state index in [0.717, 1.165) is 17.0 Å². The number of halogens is 4. The lowest BCUT2D eigenvalue weighted by atomic mass is 9.93. The molecule has 0 fully saturated rings. The Bertz CT molecular complexity index is 889. The van der Waals surface area contributed by atoms with Crippen LogP contribution in [0.4, 0.5) is 22.4 Å². The molecule has 2 aliphatic rings. The highest BCUT2D eigenvalue weighted by molar-refractivity contribution is 5.89. The minimum atomic E-state index is -4.85. The highest BCUT2D eigenvalue weighted by atomic mass is 19.4. The summed E-state index contributed by atoms with van der Waals surface area (Å²) in [5, 5.41) is 5.19. The summed E-state index contributed by atoms with van der Waals surface area (Å²) >= 11 is 0. The molecule has 1 unspecified atom stereocenters. The third-order valence-corrected chi connectivity index (χ3v) is 4.50. The third-order valence-electron chi connectivity index (χ3n) is 4.50. The van der Waals surface area contributed by atoms with Crippen molar-refractivity contribution in [3.63, 3.8) is 0 Å². The van der Waals surface area contributed by atoms with Gasteiger partial charge in [-0.1, -0.05) is 12.1 Å². The number of rotatable bonds is 4. The van der Waals surface area contributed by atoms with Gasteiger partial charge in [-0.3, -0.25) is 9.69 Å². The van der Waals surface area contributed by atoms with E-state index in [2.05, 4.69) is 20.4 Å². The number of amides is 3. The van der Waals surface area contributed by atoms with Gasteiger partial charge in [0.05, 0.1) is 11.7 Å². The van der Waals surface area contributed by atoms with E-state index >= 15 is 0 Å². The van der Waals surface area contributed by atoms with Crippen molar-refractivity contribution in [1.82, 2.24) is 15.5 Å². The SMILES string of the molecule is CC(C)(F)C(NC(=O)N1CC(=O)NC2=C1N=CCC2)c1ccc(OC(F)(F)F)cc1. The molecule has 0 aliphatic carbocycles. The second-order valence-electron chi connectivity index (χ2n) is 7.35. The second-order valence-corrected chi connectivity index (χ2v) is 7.35. The zero-order valence-corrected chi connectivity index (χ0v) is 16.2. The van der Waals surface area contributed by atoms with Gasteiger partial charge < -0.3 is 15.4 Å². The number of aliphatic imine (C=N–C) groups is 1. The van der Waals surface area contributed by atoms with Crippen molar-refractivity contribution in [3.8, 4) is 5.75 Å². The van der Waals surface area contributed by atoms with Crippen molar-refractivity contribution in [3.05, 3.63) is 41.3 Å². The molecule has 0 saturated carbocycles. The number of nitrogens with one attached hydrogen (secondary N) is 2. The number of hydrogen-bond donors (Lipinski definition) is 2. The summed E-state index contributed by atoms with van der Waals surface area (Å²) in [4.78, 5) is 30.1. The van der Waals surface area contributed by atoms with E-state index in [1.165, 1.54) is 26.0 Å². The lowest BCUT2D eigenvalue weighted by molar-refractivity contribution is -0.274. The van der Waals surface area contributed by atoms with Crippen LogP contribution in [-0.4, -0.2) is 41.6 Å². The fourth-order valence-corrected chi connectivity index (χ4v) is 3.21. The number of benzene rings is 1. The topological polar surface area (TPSA) is 83.0 Å². The highest BCUT2D eigenvalue weighted by Crippen LogP contribution is 2.32. The molecule has 0 aromatic heterocycles. The van der Waals surface area contributed by atoms with E-state index < -0.39 is 35.8 Å². The van der Waals surface area contributed by atoms with E-state index in [1.54, 1.807) is 6.21 Å². The summed E-state index contributed by atoms with van der Waals surface area (Å²) in [5.74, 6) is -0.583. The average molecular weight is 428 g/mol. The molecule has 0 spiro atoms. The van der Waals surface area contributed by atoms with Gasteiger partial charge in [0.25, 0.3) is 0 Å². The van der Waals surface area contributed by atoms with Gasteiger partial charge in [0.15, 0.2) is 5.82 Å². The maximum absolute atomic E-state index is 14.9. The molecule has 0 radical (unpaired) electrons. The van der Waals surface area contributed by atoms with Crippen LogP contribution in [0.5, 0.6) is 5.75 Å². The van der Waals surface area contributed by atoms with Crippen LogP contribution in [0.1, 0.15) is 38.3 Å². The molecule has 7 nitrogen and oxygen atoms in total. The maximum atomic E-state index is 14.9. The molecular formula is C19H20F4N4O3. The lowest BCUT2D eigenvalue weighted by Gasteiger charge is -2.34. The first-order valence-electron chi connectivity index (χ1n) is 9.12. The van der Waals surface area contributed by atoms with Gasteiger partial charge in [-0.2, -0.15) is 0 Å². The molecule has 1 aromatic rings. The molecule has 1 aromatic carbocycles. The van der Waals surface area contributed by atoms with E-state index in [-0.39, 0.29) is 17.9 Å². The zero-order chi connectivity index (χ0) is 22.1. The van der Waals surface area contributed by atoms with E-state index in [0.29, 0.717) is 18.5 Å². The first-order valence-corrected chi connectivity index (χ1v) is 9.12. The predicted octanol–water partition coefficient (Wildman–Crippen LogP) is 3.55. The van der Waals surface area contributed by atoms with Gasteiger partial charge in [-0.05, 0) is 44.4 Å². The normalized spacial score (nSPS) is 17.9. The molecule has 162 valence electrons. The molecule has 30 heavy (non-hydrogen) atoms. The number of nitrogens with zero attached hydrogens (tertiary/aromatic N) is 2. The Labute approximate surface area is 169 Å². The van der Waals surface area contributed by atoms with Gasteiger partial charge in [0.1, 0.15) is 18.0 Å². The molecule has 3 rings (SSSR count). The van der Waals surface area contributed by atoms with Crippen LogP contribution in [-0.2, 0) is 4.79 Å². The molecule has 3 amide bonds. The molecule has 2 heterocycles. The van der Waals surface area contributed by atoms with Crippen LogP contribution in [0.2, 0.25) is 0 Å². The van der Waals surface area contributed by atoms with Gasteiger partial charge >= 0.3 is 12.4 Å². The Morgan fingerprint density at radius 2 is 1.90 bits per heavy atom. The monoisotopic (exact) mass is 428 g/mol. The number of urea groups is 1. The summed E-state index contributed by atoms with van der Waals surface area (Å²) in [5.41, 5.74) is -1.23. The van der Waals surface area contributed by atoms with Gasteiger partial charge in [-0.25, -0.2) is 14.2 Å². The molecule has 2 N–H and O–H groups in total. The number of carbonyl (C=O) groups is 2. The van der Waals surface area contributed by atoms with Gasteiger partial charge in [0.2, 0.25) is 5.91 Å². The van der Waals surface area contributed by atoms with E-state index in [1.807, 2.05) is 0 Å². The van der Waals surface area contributed by atoms with Crippen molar-refractivity contribution in [2.45, 2.75) is 44.8 Å². The van der Waals surface area contributed by atoms with Crippen molar-refractivity contribution in [2.75, 3.05) is 6.54 Å². The van der Waals surface area contributed by atoms with Crippen molar-refractivity contribution >= 4 is 18.2 Å². The Morgan fingerprint density at radius 1 is 1.23 bits per heavy atom. The molecule has 2 aliphatic heterocycles. The second kappa shape index (κ2) is 7.96. The summed E-state index contributed by atoms with van der Waals surface area (Å²) in [6.45, 7) is 2.16. The van der Waals surface area contributed by atoms with Crippen LogP contribution in [0.15, 0.2) is 40.8 Å². The number of ether oxygens (including phenoxy) is 1. The van der Waals surface area contributed by atoms with Crippen LogP contribution < -0.4 is 15.4 Å². The Hall–Kier alpha value is -3.11. The Balaban J connectivity index is 1.82. The van der Waals surface area contributed by atoms with Crippen molar-refractivity contribution in [1.29, 1.82) is 0 Å². The summed E-state index contributed by atoms with van der Waals surface area (Å²) in [7, 11) is 0. The smallest absolute Gasteiger partial charge is 0.406 e.